The van der Waals surface area contributed by atoms with E-state index in [0.29, 0.717) is 12.4 Å². The second-order valence-electron chi connectivity index (χ2n) is 5.40. The summed E-state index contributed by atoms with van der Waals surface area (Å²) in [5.41, 5.74) is 2.75. The molecule has 1 N–H and O–H groups in total. The topological polar surface area (TPSA) is 51.5 Å². The van der Waals surface area contributed by atoms with Crippen molar-refractivity contribution in [1.82, 2.24) is 5.32 Å². The number of ether oxygens (including phenoxy) is 1. The van der Waals surface area contributed by atoms with Crippen LogP contribution in [-0.4, -0.2) is 25.2 Å². The van der Waals surface area contributed by atoms with Gasteiger partial charge in [0.2, 0.25) is 0 Å². The first-order valence-electron chi connectivity index (χ1n) is 7.04. The summed E-state index contributed by atoms with van der Waals surface area (Å²) in [6.07, 6.45) is 1.95. The molecule has 1 aliphatic heterocycles. The van der Waals surface area contributed by atoms with Gasteiger partial charge in [0.25, 0.3) is 5.91 Å². The highest BCUT2D eigenvalue weighted by Gasteiger charge is 2.22. The van der Waals surface area contributed by atoms with E-state index in [9.17, 15) is 4.79 Å². The Labute approximate surface area is 118 Å². The average Bonchev–Trinajstić information content (AvgIpc) is 2.79. The highest BCUT2D eigenvalue weighted by molar-refractivity contribution is 5.99. The van der Waals surface area contributed by atoms with Crippen LogP contribution in [0.2, 0.25) is 0 Å². The van der Waals surface area contributed by atoms with E-state index in [0.717, 1.165) is 41.5 Å². The van der Waals surface area contributed by atoms with E-state index in [1.165, 1.54) is 0 Å². The number of carbonyl (C=O) groups excluding carboxylic acids is 1. The van der Waals surface area contributed by atoms with E-state index in [2.05, 4.69) is 5.32 Å². The van der Waals surface area contributed by atoms with Crippen molar-refractivity contribution >= 4 is 16.9 Å². The van der Waals surface area contributed by atoms with Crippen LogP contribution in [0.3, 0.4) is 0 Å². The van der Waals surface area contributed by atoms with Gasteiger partial charge in [-0.2, -0.15) is 0 Å². The Hall–Kier alpha value is -1.81. The van der Waals surface area contributed by atoms with Crippen molar-refractivity contribution in [1.29, 1.82) is 0 Å². The van der Waals surface area contributed by atoms with Crippen LogP contribution in [0, 0.1) is 13.8 Å². The van der Waals surface area contributed by atoms with E-state index >= 15 is 0 Å². The van der Waals surface area contributed by atoms with Gasteiger partial charge in [0, 0.05) is 17.6 Å². The monoisotopic (exact) mass is 273 g/mol. The Morgan fingerprint density at radius 2 is 2.20 bits per heavy atom. The number of hydrogen-bond donors (Lipinski definition) is 1. The second-order valence-corrected chi connectivity index (χ2v) is 5.40. The lowest BCUT2D eigenvalue weighted by Gasteiger charge is -2.22. The highest BCUT2D eigenvalue weighted by Crippen LogP contribution is 2.27. The smallest absolute Gasteiger partial charge is 0.287 e. The summed E-state index contributed by atoms with van der Waals surface area (Å²) in [6.45, 7) is 5.29. The van der Waals surface area contributed by atoms with Gasteiger partial charge < -0.3 is 14.5 Å². The molecule has 0 saturated carbocycles. The van der Waals surface area contributed by atoms with Crippen LogP contribution in [-0.2, 0) is 4.74 Å². The molecule has 1 aromatic heterocycles. The highest BCUT2D eigenvalue weighted by atomic mass is 16.5. The Morgan fingerprint density at radius 3 is 2.90 bits per heavy atom. The molecule has 1 aromatic carbocycles. The lowest BCUT2D eigenvalue weighted by atomic mass is 10.1. The third-order valence-corrected chi connectivity index (χ3v) is 3.86. The quantitative estimate of drug-likeness (QED) is 0.915. The van der Waals surface area contributed by atoms with Crippen LogP contribution in [0.5, 0.6) is 0 Å². The predicted octanol–water partition coefficient (Wildman–Crippen LogP) is 2.96. The van der Waals surface area contributed by atoms with Crippen molar-refractivity contribution in [3.05, 3.63) is 35.1 Å². The minimum absolute atomic E-state index is 0.0879. The first kappa shape index (κ1) is 13.2. The van der Waals surface area contributed by atoms with Gasteiger partial charge in [-0.1, -0.05) is 18.2 Å². The number of nitrogens with one attached hydrogen (secondary N) is 1. The van der Waals surface area contributed by atoms with Gasteiger partial charge >= 0.3 is 0 Å². The normalized spacial score (nSPS) is 19.2. The lowest BCUT2D eigenvalue weighted by Crippen LogP contribution is -2.40. The van der Waals surface area contributed by atoms with Crippen molar-refractivity contribution in [3.8, 4) is 0 Å². The largest absolute Gasteiger partial charge is 0.450 e. The standard InChI is InChI=1S/C16H19NO3/c1-10-5-3-7-13-11(2)15(20-14(10)13)16(18)17-12-6-4-8-19-9-12/h3,5,7,12H,4,6,8-9H2,1-2H3,(H,17,18). The summed E-state index contributed by atoms with van der Waals surface area (Å²) in [6, 6.07) is 6.05. The van der Waals surface area contributed by atoms with Gasteiger partial charge in [0.1, 0.15) is 5.58 Å². The van der Waals surface area contributed by atoms with Crippen molar-refractivity contribution < 1.29 is 13.9 Å². The Kier molecular flexibility index (Phi) is 3.49. The molecule has 1 saturated heterocycles. The van der Waals surface area contributed by atoms with E-state index in [4.69, 9.17) is 9.15 Å². The molecule has 0 bridgehead atoms. The molecule has 0 spiro atoms. The SMILES string of the molecule is Cc1c(C(=O)NC2CCCOC2)oc2c(C)cccc12. The lowest BCUT2D eigenvalue weighted by molar-refractivity contribution is 0.0612. The van der Waals surface area contributed by atoms with Crippen LogP contribution in [0.25, 0.3) is 11.0 Å². The number of carbonyl (C=O) groups is 1. The maximum atomic E-state index is 12.4. The fraction of sp³-hybridized carbons (Fsp3) is 0.438. The van der Waals surface area contributed by atoms with Gasteiger partial charge in [-0.15, -0.1) is 0 Å². The average molecular weight is 273 g/mol. The fourth-order valence-corrected chi connectivity index (χ4v) is 2.71. The Bertz CT molecular complexity index is 638. The molecule has 20 heavy (non-hydrogen) atoms. The fourth-order valence-electron chi connectivity index (χ4n) is 2.71. The molecule has 1 unspecified atom stereocenters. The van der Waals surface area contributed by atoms with Crippen LogP contribution in [0.15, 0.2) is 22.6 Å². The number of aryl methyl sites for hydroxylation is 2. The molecule has 1 fully saturated rings. The minimum Gasteiger partial charge on any atom is -0.450 e. The zero-order chi connectivity index (χ0) is 14.1. The summed E-state index contributed by atoms with van der Waals surface area (Å²) < 4.78 is 11.2. The van der Waals surface area contributed by atoms with Crippen molar-refractivity contribution in [2.45, 2.75) is 32.7 Å². The van der Waals surface area contributed by atoms with Crippen LogP contribution in [0.4, 0.5) is 0 Å². The number of amides is 1. The first-order chi connectivity index (χ1) is 9.66. The maximum absolute atomic E-state index is 12.4. The van der Waals surface area contributed by atoms with Crippen molar-refractivity contribution in [2.75, 3.05) is 13.2 Å². The number of hydrogen-bond acceptors (Lipinski definition) is 3. The third-order valence-electron chi connectivity index (χ3n) is 3.86. The Balaban J connectivity index is 1.87. The number of fused-ring (bicyclic) bond motifs is 1. The summed E-state index contributed by atoms with van der Waals surface area (Å²) in [4.78, 5) is 12.4. The maximum Gasteiger partial charge on any atom is 0.287 e. The molecule has 1 aliphatic rings. The molecule has 1 atom stereocenters. The summed E-state index contributed by atoms with van der Waals surface area (Å²) >= 11 is 0. The Morgan fingerprint density at radius 1 is 1.35 bits per heavy atom. The molecule has 3 rings (SSSR count). The van der Waals surface area contributed by atoms with Crippen LogP contribution < -0.4 is 5.32 Å². The van der Waals surface area contributed by atoms with E-state index < -0.39 is 0 Å². The number of rotatable bonds is 2. The molecule has 4 heteroatoms. The summed E-state index contributed by atoms with van der Waals surface area (Å²) in [5, 5.41) is 4.01. The van der Waals surface area contributed by atoms with Crippen LogP contribution in [0.1, 0.15) is 34.5 Å². The molecule has 2 heterocycles. The van der Waals surface area contributed by atoms with Gasteiger partial charge in [-0.3, -0.25) is 4.79 Å². The van der Waals surface area contributed by atoms with E-state index in [1.807, 2.05) is 32.0 Å². The summed E-state index contributed by atoms with van der Waals surface area (Å²) in [7, 11) is 0. The molecule has 2 aromatic rings. The van der Waals surface area contributed by atoms with Gasteiger partial charge in [0.05, 0.1) is 12.6 Å². The molecular formula is C16H19NO3. The van der Waals surface area contributed by atoms with E-state index in [1.54, 1.807) is 0 Å². The van der Waals surface area contributed by atoms with E-state index in [-0.39, 0.29) is 11.9 Å². The number of benzene rings is 1. The number of para-hydroxylation sites is 1. The number of furan rings is 1. The van der Waals surface area contributed by atoms with Crippen molar-refractivity contribution in [2.24, 2.45) is 0 Å². The zero-order valence-electron chi connectivity index (χ0n) is 11.9. The molecule has 4 nitrogen and oxygen atoms in total. The third kappa shape index (κ3) is 2.31. The molecule has 1 amide bonds. The second kappa shape index (κ2) is 5.29. The predicted molar refractivity (Wildman–Crippen MR) is 77.0 cm³/mol. The minimum atomic E-state index is -0.145. The molecule has 106 valence electrons. The van der Waals surface area contributed by atoms with Gasteiger partial charge in [-0.25, -0.2) is 0 Å². The zero-order valence-corrected chi connectivity index (χ0v) is 11.9. The molecular weight excluding hydrogens is 254 g/mol. The van der Waals surface area contributed by atoms with Gasteiger partial charge in [0.15, 0.2) is 5.76 Å². The van der Waals surface area contributed by atoms with Gasteiger partial charge in [-0.05, 0) is 32.3 Å². The molecule has 0 radical (unpaired) electrons. The summed E-state index contributed by atoms with van der Waals surface area (Å²) in [5.74, 6) is 0.272. The molecule has 0 aliphatic carbocycles. The van der Waals surface area contributed by atoms with Crippen molar-refractivity contribution in [3.63, 3.8) is 0 Å². The van der Waals surface area contributed by atoms with Crippen LogP contribution >= 0.6 is 0 Å². The first-order valence-corrected chi connectivity index (χ1v) is 7.04.